The van der Waals surface area contributed by atoms with Crippen LogP contribution < -0.4 is 0 Å². The fourth-order valence-electron chi connectivity index (χ4n) is 10.2. The molecule has 8 unspecified atom stereocenters. The fraction of sp³-hybridized carbons (Fsp3) is 0.848. The number of allylic oxidation sites excluding steroid dienone is 4. The number of unbranched alkanes of at least 4 members (excludes halogenated alkanes) is 2. The first-order valence-electron chi connectivity index (χ1n) is 16.1. The molecule has 4 saturated carbocycles. The maximum Gasteiger partial charge on any atom is 0.179 e. The molecule has 5 fully saturated rings. The van der Waals surface area contributed by atoms with Crippen molar-refractivity contribution in [3.05, 3.63) is 23.9 Å². The topological polar surface area (TPSA) is 6.25 Å². The second-order valence-electron chi connectivity index (χ2n) is 13.2. The average Bonchev–Trinajstić information content (AvgIpc) is 3.37. The van der Waals surface area contributed by atoms with E-state index in [1.807, 2.05) is 0 Å². The minimum atomic E-state index is 0.854. The summed E-state index contributed by atoms with van der Waals surface area (Å²) in [5.74, 6) is 5.68. The van der Waals surface area contributed by atoms with Crippen molar-refractivity contribution in [3.8, 4) is 0 Å². The lowest BCUT2D eigenvalue weighted by atomic mass is 9.64. The quantitative estimate of drug-likeness (QED) is 0.321. The van der Waals surface area contributed by atoms with E-state index in [1.165, 1.54) is 116 Å². The molecular weight excluding hydrogens is 424 g/mol. The Kier molecular flexibility index (Phi) is 7.46. The molecule has 6 rings (SSSR count). The number of hydrogen-bond acceptors (Lipinski definition) is 1. The van der Waals surface area contributed by atoms with Gasteiger partial charge in [0.1, 0.15) is 6.54 Å². The highest BCUT2D eigenvalue weighted by atomic mass is 15.2. The zero-order valence-corrected chi connectivity index (χ0v) is 23.0. The molecule has 0 bridgehead atoms. The normalized spacial score (nSPS) is 41.7. The van der Waals surface area contributed by atoms with Crippen LogP contribution in [0.4, 0.5) is 0 Å². The largest absolute Gasteiger partial charge is 0.371 e. The zero-order chi connectivity index (χ0) is 23.8. The highest BCUT2D eigenvalue weighted by Gasteiger charge is 2.54. The van der Waals surface area contributed by atoms with Gasteiger partial charge in [0.2, 0.25) is 0 Å². The summed E-state index contributed by atoms with van der Waals surface area (Å²) in [4.78, 5) is 2.94. The summed E-state index contributed by atoms with van der Waals surface area (Å²) >= 11 is 0. The van der Waals surface area contributed by atoms with E-state index in [-0.39, 0.29) is 0 Å². The van der Waals surface area contributed by atoms with E-state index >= 15 is 0 Å². The third-order valence-electron chi connectivity index (χ3n) is 11.5. The number of hydrogen-bond donors (Lipinski definition) is 0. The van der Waals surface area contributed by atoms with Gasteiger partial charge in [-0.1, -0.05) is 64.9 Å². The minimum absolute atomic E-state index is 0.854. The van der Waals surface area contributed by atoms with Crippen LogP contribution in [0.1, 0.15) is 117 Å². The zero-order valence-electron chi connectivity index (χ0n) is 23.0. The Morgan fingerprint density at radius 2 is 1.46 bits per heavy atom. The maximum atomic E-state index is 2.94. The molecule has 0 N–H and O–H groups in total. The van der Waals surface area contributed by atoms with Gasteiger partial charge in [0, 0.05) is 49.0 Å². The number of rotatable bonds is 8. The Hall–Kier alpha value is -1.05. The van der Waals surface area contributed by atoms with E-state index in [2.05, 4.69) is 41.6 Å². The standard InChI is InChI=1S/C33H53N2/c1-3-5-22-34-28(26-16-7-12-24-14-9-20-30(34)32(24)26)18-11-19-29-27-17-8-13-25-15-10-21-31(33(25)27)35(29)23-6-4-2/h11,18-19,24-27,30-33H,3-10,12-17,20-23H2,1-2H3/q+1. The summed E-state index contributed by atoms with van der Waals surface area (Å²) in [7, 11) is 0. The summed E-state index contributed by atoms with van der Waals surface area (Å²) < 4.78 is 2.94. The predicted molar refractivity (Wildman–Crippen MR) is 148 cm³/mol. The molecule has 0 aromatic carbocycles. The predicted octanol–water partition coefficient (Wildman–Crippen LogP) is 7.98. The third kappa shape index (κ3) is 4.37. The molecule has 2 heteroatoms. The van der Waals surface area contributed by atoms with Crippen LogP contribution >= 0.6 is 0 Å². The second kappa shape index (κ2) is 10.7. The third-order valence-corrected chi connectivity index (χ3v) is 11.5. The molecule has 0 amide bonds. The van der Waals surface area contributed by atoms with Crippen LogP contribution in [0, 0.1) is 35.5 Å². The van der Waals surface area contributed by atoms with E-state index in [0.29, 0.717) is 0 Å². The summed E-state index contributed by atoms with van der Waals surface area (Å²) in [5.41, 5.74) is 3.49. The van der Waals surface area contributed by atoms with Crippen LogP contribution in [0.15, 0.2) is 23.9 Å². The number of likely N-dealkylation sites (tertiary alicyclic amines) is 1. The smallest absolute Gasteiger partial charge is 0.179 e. The van der Waals surface area contributed by atoms with Gasteiger partial charge in [0.25, 0.3) is 0 Å². The minimum Gasteiger partial charge on any atom is -0.371 e. The highest BCUT2D eigenvalue weighted by Crippen LogP contribution is 2.54. The Morgan fingerprint density at radius 1 is 0.771 bits per heavy atom. The van der Waals surface area contributed by atoms with E-state index in [9.17, 15) is 0 Å². The molecule has 2 nitrogen and oxygen atoms in total. The van der Waals surface area contributed by atoms with Gasteiger partial charge in [-0.05, 0) is 68.8 Å². The van der Waals surface area contributed by atoms with Crippen molar-refractivity contribution in [1.29, 1.82) is 0 Å². The van der Waals surface area contributed by atoms with Crippen LogP contribution in [0.25, 0.3) is 0 Å². The van der Waals surface area contributed by atoms with Gasteiger partial charge in [0.15, 0.2) is 11.8 Å². The SMILES string of the molecule is CCCCN1/C(=C/C=C/C2=[N+](CCCC)C3CCCC4CCCC2C43)C2CCCC3CCCC1C32. The second-order valence-corrected chi connectivity index (χ2v) is 13.2. The molecule has 8 atom stereocenters. The maximum absolute atomic E-state index is 2.94. The molecule has 0 spiro atoms. The fourth-order valence-corrected chi connectivity index (χ4v) is 10.2. The first kappa shape index (κ1) is 24.3. The first-order chi connectivity index (χ1) is 17.3. The lowest BCUT2D eigenvalue weighted by Crippen LogP contribution is -2.40. The Morgan fingerprint density at radius 3 is 2.23 bits per heavy atom. The van der Waals surface area contributed by atoms with Gasteiger partial charge in [-0.25, -0.2) is 4.58 Å². The summed E-state index contributed by atoms with van der Waals surface area (Å²) in [5, 5.41) is 0. The Labute approximate surface area is 216 Å². The molecule has 2 aliphatic heterocycles. The summed E-state index contributed by atoms with van der Waals surface area (Å²) in [6, 6.07) is 1.71. The molecule has 0 aromatic heterocycles. The molecule has 0 aromatic rings. The van der Waals surface area contributed by atoms with Crippen molar-refractivity contribution < 1.29 is 4.58 Å². The molecule has 6 aliphatic rings. The van der Waals surface area contributed by atoms with Gasteiger partial charge in [-0.15, -0.1) is 0 Å². The van der Waals surface area contributed by atoms with Crippen LogP contribution in [0.3, 0.4) is 0 Å². The lowest BCUT2D eigenvalue weighted by Gasteiger charge is -2.41. The van der Waals surface area contributed by atoms with Crippen molar-refractivity contribution in [2.24, 2.45) is 35.5 Å². The molecule has 35 heavy (non-hydrogen) atoms. The van der Waals surface area contributed by atoms with Crippen molar-refractivity contribution in [2.75, 3.05) is 13.1 Å². The Balaban J connectivity index is 1.30. The molecule has 194 valence electrons. The van der Waals surface area contributed by atoms with Gasteiger partial charge in [-0.2, -0.15) is 0 Å². The molecule has 1 saturated heterocycles. The van der Waals surface area contributed by atoms with Crippen LogP contribution in [-0.4, -0.2) is 40.4 Å². The van der Waals surface area contributed by atoms with Crippen LogP contribution in [-0.2, 0) is 0 Å². The van der Waals surface area contributed by atoms with Crippen molar-refractivity contribution in [3.63, 3.8) is 0 Å². The van der Waals surface area contributed by atoms with E-state index < -0.39 is 0 Å². The van der Waals surface area contributed by atoms with Gasteiger partial charge >= 0.3 is 0 Å². The van der Waals surface area contributed by atoms with Crippen LogP contribution in [0.5, 0.6) is 0 Å². The highest BCUT2D eigenvalue weighted by molar-refractivity contribution is 5.94. The summed E-state index contributed by atoms with van der Waals surface area (Å²) in [6.07, 6.45) is 30.9. The van der Waals surface area contributed by atoms with E-state index in [1.54, 1.807) is 11.4 Å². The van der Waals surface area contributed by atoms with Gasteiger partial charge in [0.05, 0.1) is 5.92 Å². The molecule has 4 aliphatic carbocycles. The van der Waals surface area contributed by atoms with Gasteiger partial charge in [-0.3, -0.25) is 0 Å². The number of nitrogens with zero attached hydrogens (tertiary/aromatic N) is 2. The summed E-state index contributed by atoms with van der Waals surface area (Å²) in [6.45, 7) is 7.34. The van der Waals surface area contributed by atoms with Gasteiger partial charge < -0.3 is 4.90 Å². The molecule has 2 heterocycles. The van der Waals surface area contributed by atoms with Crippen molar-refractivity contribution >= 4 is 5.71 Å². The van der Waals surface area contributed by atoms with E-state index in [0.717, 1.165) is 47.6 Å². The van der Waals surface area contributed by atoms with Crippen molar-refractivity contribution in [2.45, 2.75) is 129 Å². The van der Waals surface area contributed by atoms with E-state index in [4.69, 9.17) is 0 Å². The van der Waals surface area contributed by atoms with Crippen LogP contribution in [0.2, 0.25) is 0 Å². The Bertz CT molecular complexity index is 832. The monoisotopic (exact) mass is 477 g/mol. The molecule has 0 radical (unpaired) electrons. The average molecular weight is 478 g/mol. The molecular formula is C33H53N2+. The lowest BCUT2D eigenvalue weighted by molar-refractivity contribution is -0.568. The van der Waals surface area contributed by atoms with Crippen molar-refractivity contribution in [1.82, 2.24) is 4.90 Å². The first-order valence-corrected chi connectivity index (χ1v) is 16.1.